The fourth-order valence-corrected chi connectivity index (χ4v) is 4.30. The Labute approximate surface area is 206 Å². The third-order valence-electron chi connectivity index (χ3n) is 5.24. The number of halogens is 1. The molecule has 0 aromatic heterocycles. The average molecular weight is 509 g/mol. The van der Waals surface area contributed by atoms with Crippen molar-refractivity contribution in [3.8, 4) is 5.75 Å². The first-order chi connectivity index (χ1) is 16.4. The largest absolute Gasteiger partial charge is 0.497 e. The van der Waals surface area contributed by atoms with Gasteiger partial charge >= 0.3 is 10.2 Å². The van der Waals surface area contributed by atoms with Crippen molar-refractivity contribution in [3.63, 3.8) is 0 Å². The second-order valence-corrected chi connectivity index (χ2v) is 10.5. The van der Waals surface area contributed by atoms with Crippen LogP contribution in [-0.4, -0.2) is 69.3 Å². The molecule has 0 bridgehead atoms. The van der Waals surface area contributed by atoms with Crippen LogP contribution in [0.1, 0.15) is 26.3 Å². The van der Waals surface area contributed by atoms with E-state index in [1.54, 1.807) is 52.1 Å². The zero-order valence-corrected chi connectivity index (χ0v) is 21.7. The van der Waals surface area contributed by atoms with Gasteiger partial charge < -0.3 is 15.0 Å². The monoisotopic (exact) mass is 508 g/mol. The molecule has 35 heavy (non-hydrogen) atoms. The normalized spacial score (nSPS) is 12.4. The minimum atomic E-state index is -4.10. The summed E-state index contributed by atoms with van der Waals surface area (Å²) in [5.74, 6) is -0.869. The molecule has 192 valence electrons. The topological polar surface area (TPSA) is 99.3 Å². The minimum absolute atomic E-state index is 0.0643. The Morgan fingerprint density at radius 1 is 1.00 bits per heavy atom. The second kappa shape index (κ2) is 12.0. The van der Waals surface area contributed by atoms with Crippen LogP contribution in [-0.2, 0) is 26.3 Å². The molecule has 0 fully saturated rings. The van der Waals surface area contributed by atoms with Gasteiger partial charge in [-0.2, -0.15) is 12.7 Å². The van der Waals surface area contributed by atoms with Gasteiger partial charge in [-0.25, -0.2) is 8.70 Å². The molecule has 1 atom stereocenters. The Balaban J connectivity index is 2.43. The van der Waals surface area contributed by atoms with Crippen LogP contribution in [0.4, 0.5) is 10.1 Å². The van der Waals surface area contributed by atoms with Gasteiger partial charge in [0, 0.05) is 26.7 Å². The summed E-state index contributed by atoms with van der Waals surface area (Å²) in [6, 6.07) is 10.8. The molecular weight excluding hydrogens is 475 g/mol. The van der Waals surface area contributed by atoms with Crippen molar-refractivity contribution < 1.29 is 27.1 Å². The van der Waals surface area contributed by atoms with Crippen LogP contribution in [0.2, 0.25) is 0 Å². The number of carbonyl (C=O) groups is 2. The summed E-state index contributed by atoms with van der Waals surface area (Å²) in [4.78, 5) is 27.6. The molecule has 0 unspecified atom stereocenters. The number of rotatable bonds is 11. The highest BCUT2D eigenvalue weighted by molar-refractivity contribution is 7.90. The molecule has 0 saturated carbocycles. The molecule has 2 aromatic carbocycles. The Morgan fingerprint density at radius 3 is 2.06 bits per heavy atom. The molecule has 0 spiro atoms. The number of methoxy groups -OCH3 is 1. The molecule has 11 heteroatoms. The smallest absolute Gasteiger partial charge is 0.304 e. The summed E-state index contributed by atoms with van der Waals surface area (Å²) in [6.07, 6.45) is 0. The van der Waals surface area contributed by atoms with Gasteiger partial charge in [-0.3, -0.25) is 9.59 Å². The fourth-order valence-electron chi connectivity index (χ4n) is 3.24. The van der Waals surface area contributed by atoms with E-state index in [0.29, 0.717) is 5.75 Å². The number of hydrogen-bond donors (Lipinski definition) is 1. The zero-order valence-electron chi connectivity index (χ0n) is 20.9. The first-order valence-electron chi connectivity index (χ1n) is 11.0. The Kier molecular flexibility index (Phi) is 9.61. The highest BCUT2D eigenvalue weighted by Gasteiger charge is 2.32. The molecular formula is C24H33FN4O5S. The van der Waals surface area contributed by atoms with Crippen LogP contribution in [0.5, 0.6) is 5.75 Å². The SMILES string of the molecule is COc1ccc(CN(C(=O)CN(c2ccc(F)cc2)S(=O)(=O)N(C)C)[C@@H](C)C(=O)NC(C)C)cc1. The lowest BCUT2D eigenvalue weighted by Gasteiger charge is -2.33. The first-order valence-corrected chi connectivity index (χ1v) is 12.4. The number of anilines is 1. The Hall–Kier alpha value is -3.18. The molecule has 0 saturated heterocycles. The summed E-state index contributed by atoms with van der Waals surface area (Å²) < 4.78 is 46.6. The summed E-state index contributed by atoms with van der Waals surface area (Å²) in [7, 11) is 0.114. The predicted octanol–water partition coefficient (Wildman–Crippen LogP) is 2.39. The third-order valence-corrected chi connectivity index (χ3v) is 7.06. The average Bonchev–Trinajstić information content (AvgIpc) is 2.80. The molecule has 0 radical (unpaired) electrons. The highest BCUT2D eigenvalue weighted by atomic mass is 32.2. The van der Waals surface area contributed by atoms with Gasteiger partial charge in [-0.05, 0) is 62.7 Å². The lowest BCUT2D eigenvalue weighted by molar-refractivity contribution is -0.139. The lowest BCUT2D eigenvalue weighted by atomic mass is 10.1. The van der Waals surface area contributed by atoms with Gasteiger partial charge in [-0.1, -0.05) is 12.1 Å². The van der Waals surface area contributed by atoms with Crippen molar-refractivity contribution in [2.75, 3.05) is 32.1 Å². The summed E-state index contributed by atoms with van der Waals surface area (Å²) >= 11 is 0. The van der Waals surface area contributed by atoms with Crippen LogP contribution in [0.25, 0.3) is 0 Å². The van der Waals surface area contributed by atoms with Gasteiger partial charge in [0.2, 0.25) is 11.8 Å². The number of nitrogens with zero attached hydrogens (tertiary/aromatic N) is 3. The number of carbonyl (C=O) groups excluding carboxylic acids is 2. The molecule has 0 aliphatic rings. The summed E-state index contributed by atoms with van der Waals surface area (Å²) in [5, 5.41) is 2.79. The first kappa shape index (κ1) is 28.1. The maximum Gasteiger partial charge on any atom is 0.304 e. The molecule has 1 N–H and O–H groups in total. The molecule has 0 aliphatic heterocycles. The van der Waals surface area contributed by atoms with Crippen LogP contribution >= 0.6 is 0 Å². The number of amides is 2. The summed E-state index contributed by atoms with van der Waals surface area (Å²) in [5.41, 5.74) is 0.851. The quantitative estimate of drug-likeness (QED) is 0.503. The second-order valence-electron chi connectivity index (χ2n) is 8.48. The van der Waals surface area contributed by atoms with Gasteiger partial charge in [0.25, 0.3) is 0 Å². The summed E-state index contributed by atoms with van der Waals surface area (Å²) in [6.45, 7) is 4.68. The van der Waals surface area contributed by atoms with Crippen LogP contribution < -0.4 is 14.4 Å². The van der Waals surface area contributed by atoms with E-state index in [4.69, 9.17) is 4.74 Å². The maximum atomic E-state index is 13.5. The zero-order chi connectivity index (χ0) is 26.3. The van der Waals surface area contributed by atoms with Gasteiger partial charge in [-0.15, -0.1) is 0 Å². The van der Waals surface area contributed by atoms with Crippen molar-refractivity contribution >= 4 is 27.7 Å². The molecule has 0 aliphatic carbocycles. The Morgan fingerprint density at radius 2 is 1.57 bits per heavy atom. The van der Waals surface area contributed by atoms with Crippen molar-refractivity contribution in [2.45, 2.75) is 39.4 Å². The van der Waals surface area contributed by atoms with Gasteiger partial charge in [0.15, 0.2) is 0 Å². The van der Waals surface area contributed by atoms with Crippen LogP contribution in [0, 0.1) is 5.82 Å². The van der Waals surface area contributed by atoms with E-state index in [9.17, 15) is 22.4 Å². The maximum absolute atomic E-state index is 13.5. The van der Waals surface area contributed by atoms with Crippen molar-refractivity contribution in [2.24, 2.45) is 0 Å². The number of ether oxygens (including phenoxy) is 1. The lowest BCUT2D eigenvalue weighted by Crippen LogP contribution is -2.53. The number of nitrogens with one attached hydrogen (secondary N) is 1. The van der Waals surface area contributed by atoms with Crippen LogP contribution in [0.3, 0.4) is 0 Å². The van der Waals surface area contributed by atoms with Crippen molar-refractivity contribution in [1.29, 1.82) is 0 Å². The highest BCUT2D eigenvalue weighted by Crippen LogP contribution is 2.22. The Bertz CT molecular complexity index is 1110. The minimum Gasteiger partial charge on any atom is -0.497 e. The van der Waals surface area contributed by atoms with E-state index >= 15 is 0 Å². The predicted molar refractivity (Wildman–Crippen MR) is 133 cm³/mol. The van der Waals surface area contributed by atoms with E-state index in [1.807, 2.05) is 0 Å². The third kappa shape index (κ3) is 7.40. The standard InChI is InChI=1S/C24H33FN4O5S/c1-17(2)26-24(31)18(3)28(15-19-7-13-22(34-6)14-8-19)23(30)16-29(35(32,33)27(4)5)21-11-9-20(25)10-12-21/h7-14,17-18H,15-16H2,1-6H3,(H,26,31)/t18-/m0/s1. The molecule has 2 aromatic rings. The van der Waals surface area contributed by atoms with Gasteiger partial charge in [0.1, 0.15) is 24.2 Å². The number of hydrogen-bond acceptors (Lipinski definition) is 5. The number of benzene rings is 2. The van der Waals surface area contributed by atoms with E-state index in [0.717, 1.165) is 26.3 Å². The van der Waals surface area contributed by atoms with Gasteiger partial charge in [0.05, 0.1) is 12.8 Å². The van der Waals surface area contributed by atoms with E-state index in [2.05, 4.69) is 5.32 Å². The van der Waals surface area contributed by atoms with Crippen molar-refractivity contribution in [1.82, 2.24) is 14.5 Å². The van der Waals surface area contributed by atoms with Crippen molar-refractivity contribution in [3.05, 3.63) is 59.9 Å². The van der Waals surface area contributed by atoms with E-state index in [-0.39, 0.29) is 24.2 Å². The molecule has 9 nitrogen and oxygen atoms in total. The van der Waals surface area contributed by atoms with Crippen LogP contribution in [0.15, 0.2) is 48.5 Å². The van der Waals surface area contributed by atoms with E-state index < -0.39 is 34.5 Å². The molecule has 2 amide bonds. The molecule has 2 rings (SSSR count). The van der Waals surface area contributed by atoms with E-state index in [1.165, 1.54) is 31.1 Å². The fraction of sp³-hybridized carbons (Fsp3) is 0.417. The molecule has 0 heterocycles.